The molecule has 1 atom stereocenters. The van der Waals surface area contributed by atoms with Crippen molar-refractivity contribution in [2.75, 3.05) is 39.3 Å². The number of ether oxygens (including phenoxy) is 1. The first kappa shape index (κ1) is 14.2. The third-order valence-corrected chi connectivity index (χ3v) is 3.25. The van der Waals surface area contributed by atoms with Crippen molar-refractivity contribution in [3.05, 3.63) is 29.6 Å². The first-order chi connectivity index (χ1) is 9.15. The highest BCUT2D eigenvalue weighted by atomic mass is 19.1. The van der Waals surface area contributed by atoms with Gasteiger partial charge in [-0.2, -0.15) is 0 Å². The van der Waals surface area contributed by atoms with E-state index in [1.54, 1.807) is 13.0 Å². The fourth-order valence-electron chi connectivity index (χ4n) is 2.21. The minimum absolute atomic E-state index is 0.233. The molecule has 0 radical (unpaired) electrons. The van der Waals surface area contributed by atoms with E-state index in [4.69, 9.17) is 4.74 Å². The molecule has 1 aliphatic rings. The van der Waals surface area contributed by atoms with Gasteiger partial charge in [0, 0.05) is 32.7 Å². The summed E-state index contributed by atoms with van der Waals surface area (Å²) >= 11 is 0. The predicted molar refractivity (Wildman–Crippen MR) is 71.9 cm³/mol. The zero-order chi connectivity index (χ0) is 13.7. The van der Waals surface area contributed by atoms with E-state index in [2.05, 4.69) is 10.2 Å². The minimum atomic E-state index is -0.525. The lowest BCUT2D eigenvalue weighted by molar-refractivity contribution is 0.0639. The number of aliphatic hydroxyl groups excluding tert-OH is 1. The van der Waals surface area contributed by atoms with Gasteiger partial charge in [0.15, 0.2) is 0 Å². The maximum Gasteiger partial charge on any atom is 0.123 e. The second kappa shape index (κ2) is 6.84. The number of hydrogen-bond acceptors (Lipinski definition) is 4. The van der Waals surface area contributed by atoms with E-state index in [0.717, 1.165) is 31.7 Å². The zero-order valence-corrected chi connectivity index (χ0v) is 11.2. The minimum Gasteiger partial charge on any atom is -0.491 e. The lowest BCUT2D eigenvalue weighted by Gasteiger charge is -2.29. The van der Waals surface area contributed by atoms with Crippen molar-refractivity contribution >= 4 is 0 Å². The lowest BCUT2D eigenvalue weighted by atomic mass is 10.2. The van der Waals surface area contributed by atoms with Crippen molar-refractivity contribution in [1.29, 1.82) is 0 Å². The van der Waals surface area contributed by atoms with E-state index >= 15 is 0 Å². The Morgan fingerprint density at radius 2 is 2.16 bits per heavy atom. The largest absolute Gasteiger partial charge is 0.491 e. The van der Waals surface area contributed by atoms with Crippen LogP contribution in [0.2, 0.25) is 0 Å². The summed E-state index contributed by atoms with van der Waals surface area (Å²) < 4.78 is 18.5. The molecule has 1 fully saturated rings. The van der Waals surface area contributed by atoms with Crippen molar-refractivity contribution in [3.8, 4) is 5.75 Å². The smallest absolute Gasteiger partial charge is 0.123 e. The third kappa shape index (κ3) is 4.45. The number of benzene rings is 1. The summed E-state index contributed by atoms with van der Waals surface area (Å²) in [5.74, 6) is 0.354. The fourth-order valence-corrected chi connectivity index (χ4v) is 2.21. The molecule has 0 saturated carbocycles. The number of nitrogens with zero attached hydrogens (tertiary/aromatic N) is 1. The van der Waals surface area contributed by atoms with E-state index in [0.29, 0.717) is 12.3 Å². The predicted octanol–water partition coefficient (Wildman–Crippen LogP) is 0.779. The molecule has 106 valence electrons. The Hall–Kier alpha value is -1.17. The van der Waals surface area contributed by atoms with Gasteiger partial charge >= 0.3 is 0 Å². The molecule has 1 aliphatic heterocycles. The van der Waals surface area contributed by atoms with Gasteiger partial charge in [-0.05, 0) is 30.7 Å². The van der Waals surface area contributed by atoms with Crippen molar-refractivity contribution in [3.63, 3.8) is 0 Å². The summed E-state index contributed by atoms with van der Waals surface area (Å²) in [5.41, 5.74) is 0.745. The molecule has 4 nitrogen and oxygen atoms in total. The van der Waals surface area contributed by atoms with Crippen LogP contribution >= 0.6 is 0 Å². The maximum atomic E-state index is 12.9. The maximum absolute atomic E-state index is 12.9. The van der Waals surface area contributed by atoms with Crippen molar-refractivity contribution in [2.24, 2.45) is 0 Å². The van der Waals surface area contributed by atoms with Crippen molar-refractivity contribution < 1.29 is 14.2 Å². The lowest BCUT2D eigenvalue weighted by Crippen LogP contribution is -2.47. The molecular weight excluding hydrogens is 247 g/mol. The summed E-state index contributed by atoms with van der Waals surface area (Å²) in [6.07, 6.45) is -0.525. The molecular formula is C14H21FN2O2. The van der Waals surface area contributed by atoms with Gasteiger partial charge in [0.25, 0.3) is 0 Å². The molecule has 0 aromatic heterocycles. The average Bonchev–Trinajstić information content (AvgIpc) is 2.39. The third-order valence-electron chi connectivity index (χ3n) is 3.25. The number of halogens is 1. The molecule has 5 heteroatoms. The second-order valence-corrected chi connectivity index (χ2v) is 4.93. The summed E-state index contributed by atoms with van der Waals surface area (Å²) in [4.78, 5) is 2.21. The standard InChI is InChI=1S/C14H21FN2O2/c1-11-8-12(15)2-3-14(11)19-10-13(18)9-17-6-4-16-5-7-17/h2-3,8,13,16,18H,4-7,9-10H2,1H3. The van der Waals surface area contributed by atoms with Gasteiger partial charge in [0.2, 0.25) is 0 Å². The number of piperazine rings is 1. The number of aliphatic hydroxyl groups is 1. The van der Waals surface area contributed by atoms with Crippen LogP contribution in [0.4, 0.5) is 4.39 Å². The van der Waals surface area contributed by atoms with E-state index in [9.17, 15) is 9.50 Å². The first-order valence-corrected chi connectivity index (χ1v) is 6.65. The molecule has 0 spiro atoms. The number of β-amino-alcohol motifs (C(OH)–C–C–N with tert-alkyl or cyclic N) is 1. The molecule has 1 aromatic rings. The molecule has 1 unspecified atom stereocenters. The topological polar surface area (TPSA) is 44.7 Å². The van der Waals surface area contributed by atoms with Gasteiger partial charge in [-0.3, -0.25) is 4.90 Å². The Morgan fingerprint density at radius 3 is 2.84 bits per heavy atom. The zero-order valence-electron chi connectivity index (χ0n) is 11.2. The first-order valence-electron chi connectivity index (χ1n) is 6.65. The van der Waals surface area contributed by atoms with E-state index in [1.807, 2.05) is 0 Å². The molecule has 0 amide bonds. The van der Waals surface area contributed by atoms with Gasteiger partial charge in [0.1, 0.15) is 24.3 Å². The molecule has 0 bridgehead atoms. The van der Waals surface area contributed by atoms with Gasteiger partial charge < -0.3 is 15.2 Å². The van der Waals surface area contributed by atoms with Crippen molar-refractivity contribution in [1.82, 2.24) is 10.2 Å². The Kier molecular flexibility index (Phi) is 5.13. The number of nitrogens with one attached hydrogen (secondary N) is 1. The monoisotopic (exact) mass is 268 g/mol. The highest BCUT2D eigenvalue weighted by Gasteiger charge is 2.15. The number of aryl methyl sites for hydroxylation is 1. The van der Waals surface area contributed by atoms with Crippen LogP contribution in [0.3, 0.4) is 0 Å². The normalized spacial score (nSPS) is 18.3. The summed E-state index contributed by atoms with van der Waals surface area (Å²) in [6, 6.07) is 4.39. The van der Waals surface area contributed by atoms with Crippen LogP contribution in [0.25, 0.3) is 0 Å². The van der Waals surface area contributed by atoms with Gasteiger partial charge in [0.05, 0.1) is 0 Å². The molecule has 2 rings (SSSR count). The Morgan fingerprint density at radius 1 is 1.42 bits per heavy atom. The van der Waals surface area contributed by atoms with Crippen LogP contribution in [-0.2, 0) is 0 Å². The highest BCUT2D eigenvalue weighted by Crippen LogP contribution is 2.18. The van der Waals surface area contributed by atoms with Gasteiger partial charge in [-0.25, -0.2) is 4.39 Å². The summed E-state index contributed by atoms with van der Waals surface area (Å²) in [6.45, 7) is 6.47. The fraction of sp³-hybridized carbons (Fsp3) is 0.571. The quantitative estimate of drug-likeness (QED) is 0.828. The van der Waals surface area contributed by atoms with Crippen LogP contribution in [0, 0.1) is 12.7 Å². The number of rotatable bonds is 5. The number of hydrogen-bond donors (Lipinski definition) is 2. The second-order valence-electron chi connectivity index (χ2n) is 4.93. The highest BCUT2D eigenvalue weighted by molar-refractivity contribution is 5.32. The van der Waals surface area contributed by atoms with Crippen molar-refractivity contribution in [2.45, 2.75) is 13.0 Å². The molecule has 1 heterocycles. The molecule has 1 aromatic carbocycles. The Labute approximate surface area is 113 Å². The van der Waals surface area contributed by atoms with E-state index in [1.165, 1.54) is 12.1 Å². The Balaban J connectivity index is 1.77. The summed E-state index contributed by atoms with van der Waals surface area (Å²) in [7, 11) is 0. The molecule has 0 aliphatic carbocycles. The van der Waals surface area contributed by atoms with Gasteiger partial charge in [-0.1, -0.05) is 0 Å². The van der Waals surface area contributed by atoms with Crippen LogP contribution < -0.4 is 10.1 Å². The molecule has 2 N–H and O–H groups in total. The van der Waals surface area contributed by atoms with Gasteiger partial charge in [-0.15, -0.1) is 0 Å². The van der Waals surface area contributed by atoms with E-state index in [-0.39, 0.29) is 12.4 Å². The molecule has 19 heavy (non-hydrogen) atoms. The van der Waals surface area contributed by atoms with E-state index < -0.39 is 6.10 Å². The Bertz CT molecular complexity index is 408. The van der Waals surface area contributed by atoms with Crippen LogP contribution in [0.5, 0.6) is 5.75 Å². The van der Waals surface area contributed by atoms with Crippen LogP contribution in [0.15, 0.2) is 18.2 Å². The van der Waals surface area contributed by atoms with Crippen LogP contribution in [-0.4, -0.2) is 55.4 Å². The van der Waals surface area contributed by atoms with Crippen LogP contribution in [0.1, 0.15) is 5.56 Å². The SMILES string of the molecule is Cc1cc(F)ccc1OCC(O)CN1CCNCC1. The molecule has 1 saturated heterocycles. The average molecular weight is 268 g/mol. The summed E-state index contributed by atoms with van der Waals surface area (Å²) in [5, 5.41) is 13.2.